The van der Waals surface area contributed by atoms with E-state index in [1.807, 2.05) is 12.1 Å². The smallest absolute Gasteiger partial charge is 0.231 e. The number of benzene rings is 1. The van der Waals surface area contributed by atoms with Gasteiger partial charge in [-0.1, -0.05) is 0 Å². The van der Waals surface area contributed by atoms with E-state index in [-0.39, 0.29) is 6.79 Å². The third-order valence-corrected chi connectivity index (χ3v) is 3.13. The monoisotopic (exact) mass is 307 g/mol. The average Bonchev–Trinajstić information content (AvgIpc) is 2.86. The summed E-state index contributed by atoms with van der Waals surface area (Å²) in [5.74, 6) is 1.53. The molecule has 18 heavy (non-hydrogen) atoms. The van der Waals surface area contributed by atoms with Crippen LogP contribution in [0.4, 0.5) is 5.69 Å². The molecule has 1 aliphatic heterocycles. The number of hydrogen-bond acceptors (Lipinski definition) is 5. The Kier molecular flexibility index (Phi) is 3.02. The second kappa shape index (κ2) is 4.81. The van der Waals surface area contributed by atoms with Crippen molar-refractivity contribution in [2.24, 2.45) is 0 Å². The molecule has 6 heteroatoms. The number of ether oxygens (including phenoxy) is 2. The summed E-state index contributed by atoms with van der Waals surface area (Å²) in [6.07, 6.45) is 4.96. The second-order valence-corrected chi connectivity index (χ2v) is 4.65. The van der Waals surface area contributed by atoms with Crippen LogP contribution in [0.1, 0.15) is 5.56 Å². The van der Waals surface area contributed by atoms with E-state index in [4.69, 9.17) is 9.47 Å². The lowest BCUT2D eigenvalue weighted by atomic mass is 10.2. The van der Waals surface area contributed by atoms with Crippen LogP contribution >= 0.6 is 15.9 Å². The van der Waals surface area contributed by atoms with Crippen molar-refractivity contribution in [3.05, 3.63) is 40.9 Å². The molecule has 1 aromatic heterocycles. The van der Waals surface area contributed by atoms with Crippen LogP contribution in [0.3, 0.4) is 0 Å². The van der Waals surface area contributed by atoms with Crippen molar-refractivity contribution in [1.82, 2.24) is 9.97 Å². The molecule has 0 unspecified atom stereocenters. The molecule has 3 rings (SSSR count). The van der Waals surface area contributed by atoms with Crippen LogP contribution in [-0.2, 0) is 6.54 Å². The third kappa shape index (κ3) is 2.24. The highest BCUT2D eigenvalue weighted by atomic mass is 79.9. The molecule has 1 N–H and O–H groups in total. The molecule has 0 atom stereocenters. The first-order valence-electron chi connectivity index (χ1n) is 5.40. The van der Waals surface area contributed by atoms with Crippen molar-refractivity contribution in [2.75, 3.05) is 12.1 Å². The number of anilines is 1. The number of fused-ring (bicyclic) bond motifs is 1. The summed E-state index contributed by atoms with van der Waals surface area (Å²) in [6, 6.07) is 3.97. The molecule has 0 fully saturated rings. The maximum absolute atomic E-state index is 5.37. The van der Waals surface area contributed by atoms with Crippen molar-refractivity contribution >= 4 is 21.6 Å². The fraction of sp³-hybridized carbons (Fsp3) is 0.167. The molecule has 0 spiro atoms. The summed E-state index contributed by atoms with van der Waals surface area (Å²) in [5, 5.41) is 3.24. The van der Waals surface area contributed by atoms with Crippen molar-refractivity contribution in [3.63, 3.8) is 0 Å². The minimum absolute atomic E-state index is 0.275. The Morgan fingerprint density at radius 1 is 1.22 bits per heavy atom. The van der Waals surface area contributed by atoms with E-state index in [9.17, 15) is 0 Å². The Hall–Kier alpha value is -1.82. The summed E-state index contributed by atoms with van der Waals surface area (Å²) in [6.45, 7) is 0.944. The van der Waals surface area contributed by atoms with Crippen LogP contribution < -0.4 is 14.8 Å². The highest BCUT2D eigenvalue weighted by Crippen LogP contribution is 2.40. The Morgan fingerprint density at radius 3 is 2.89 bits per heavy atom. The van der Waals surface area contributed by atoms with E-state index in [0.717, 1.165) is 27.2 Å². The molecule has 1 aromatic carbocycles. The molecule has 92 valence electrons. The van der Waals surface area contributed by atoms with Gasteiger partial charge in [-0.15, -0.1) is 0 Å². The topological polar surface area (TPSA) is 56.3 Å². The Balaban J connectivity index is 1.76. The minimum Gasteiger partial charge on any atom is -0.454 e. The molecule has 0 saturated carbocycles. The Morgan fingerprint density at radius 2 is 2.06 bits per heavy atom. The van der Waals surface area contributed by atoms with Gasteiger partial charge in [-0.25, -0.2) is 9.97 Å². The predicted octanol–water partition coefficient (Wildman–Crippen LogP) is 2.58. The van der Waals surface area contributed by atoms with E-state index < -0.39 is 0 Å². The number of nitrogens with zero attached hydrogens (tertiary/aromatic N) is 2. The van der Waals surface area contributed by atoms with E-state index in [2.05, 4.69) is 31.2 Å². The molecule has 0 amide bonds. The van der Waals surface area contributed by atoms with Crippen molar-refractivity contribution in [1.29, 1.82) is 0 Å². The number of hydrogen-bond donors (Lipinski definition) is 1. The summed E-state index contributed by atoms with van der Waals surface area (Å²) >= 11 is 3.47. The van der Waals surface area contributed by atoms with E-state index in [1.165, 1.54) is 6.33 Å². The quantitative estimate of drug-likeness (QED) is 0.944. The molecular weight excluding hydrogens is 298 g/mol. The normalized spacial score (nSPS) is 12.5. The molecule has 1 aliphatic rings. The van der Waals surface area contributed by atoms with Crippen LogP contribution in [0.5, 0.6) is 11.5 Å². The van der Waals surface area contributed by atoms with Gasteiger partial charge in [-0.2, -0.15) is 0 Å². The summed E-state index contributed by atoms with van der Waals surface area (Å²) < 4.78 is 11.6. The molecule has 0 radical (unpaired) electrons. The van der Waals surface area contributed by atoms with Crippen LogP contribution in [0.15, 0.2) is 35.3 Å². The van der Waals surface area contributed by atoms with Crippen molar-refractivity contribution in [3.8, 4) is 11.5 Å². The lowest BCUT2D eigenvalue weighted by Gasteiger charge is -2.07. The van der Waals surface area contributed by atoms with E-state index in [1.54, 1.807) is 12.4 Å². The van der Waals surface area contributed by atoms with Gasteiger partial charge in [0.15, 0.2) is 11.5 Å². The van der Waals surface area contributed by atoms with Gasteiger partial charge in [-0.05, 0) is 33.6 Å². The lowest BCUT2D eigenvalue weighted by molar-refractivity contribution is 0.173. The summed E-state index contributed by atoms with van der Waals surface area (Å²) in [7, 11) is 0. The van der Waals surface area contributed by atoms with Gasteiger partial charge in [-0.3, -0.25) is 0 Å². The van der Waals surface area contributed by atoms with Gasteiger partial charge in [0.05, 0.1) is 22.6 Å². The zero-order chi connectivity index (χ0) is 12.4. The van der Waals surface area contributed by atoms with Crippen LogP contribution in [0.25, 0.3) is 0 Å². The standard InChI is InChI=1S/C12H10BrN3O2/c13-10-1-8(2-11-12(10)18-7-17-11)3-16-9-4-14-6-15-5-9/h1-2,4-6,16H,3,7H2. The summed E-state index contributed by atoms with van der Waals surface area (Å²) in [5.41, 5.74) is 1.97. The first-order chi connectivity index (χ1) is 8.83. The highest BCUT2D eigenvalue weighted by Gasteiger charge is 2.17. The molecule has 0 bridgehead atoms. The number of rotatable bonds is 3. The van der Waals surface area contributed by atoms with Crippen molar-refractivity contribution in [2.45, 2.75) is 6.54 Å². The second-order valence-electron chi connectivity index (χ2n) is 3.79. The van der Waals surface area contributed by atoms with Gasteiger partial charge in [0.25, 0.3) is 0 Å². The van der Waals surface area contributed by atoms with Gasteiger partial charge in [0.2, 0.25) is 6.79 Å². The molecule has 2 heterocycles. The van der Waals surface area contributed by atoms with Gasteiger partial charge in [0.1, 0.15) is 6.33 Å². The number of halogens is 1. The van der Waals surface area contributed by atoms with E-state index >= 15 is 0 Å². The van der Waals surface area contributed by atoms with Crippen LogP contribution in [0.2, 0.25) is 0 Å². The first kappa shape index (κ1) is 11.3. The van der Waals surface area contributed by atoms with Gasteiger partial charge < -0.3 is 14.8 Å². The fourth-order valence-electron chi connectivity index (χ4n) is 1.72. The van der Waals surface area contributed by atoms with E-state index in [0.29, 0.717) is 6.54 Å². The molecule has 0 aliphatic carbocycles. The average molecular weight is 308 g/mol. The highest BCUT2D eigenvalue weighted by molar-refractivity contribution is 9.10. The maximum Gasteiger partial charge on any atom is 0.231 e. The number of nitrogens with one attached hydrogen (secondary N) is 1. The van der Waals surface area contributed by atoms with Gasteiger partial charge >= 0.3 is 0 Å². The zero-order valence-corrected chi connectivity index (χ0v) is 11.0. The van der Waals surface area contributed by atoms with Crippen molar-refractivity contribution < 1.29 is 9.47 Å². The summed E-state index contributed by atoms with van der Waals surface area (Å²) in [4.78, 5) is 7.89. The SMILES string of the molecule is Brc1cc(CNc2cncnc2)cc2c1OCO2. The lowest BCUT2D eigenvalue weighted by Crippen LogP contribution is -2.00. The first-order valence-corrected chi connectivity index (χ1v) is 6.19. The fourth-order valence-corrected chi connectivity index (χ4v) is 2.32. The third-order valence-electron chi connectivity index (χ3n) is 2.54. The zero-order valence-electron chi connectivity index (χ0n) is 9.39. The predicted molar refractivity (Wildman–Crippen MR) is 69.6 cm³/mol. The van der Waals surface area contributed by atoms with Crippen LogP contribution in [0, 0.1) is 0 Å². The Bertz CT molecular complexity index is 563. The largest absolute Gasteiger partial charge is 0.454 e. The Labute approximate surface area is 112 Å². The van der Waals surface area contributed by atoms with Crippen LogP contribution in [-0.4, -0.2) is 16.8 Å². The molecule has 0 saturated heterocycles. The molecular formula is C12H10BrN3O2. The molecule has 5 nitrogen and oxygen atoms in total. The van der Waals surface area contributed by atoms with Gasteiger partial charge in [0, 0.05) is 6.54 Å². The maximum atomic E-state index is 5.37. The number of aromatic nitrogens is 2. The molecule has 2 aromatic rings. The minimum atomic E-state index is 0.275.